The second-order valence-electron chi connectivity index (χ2n) is 4.83. The highest BCUT2D eigenvalue weighted by molar-refractivity contribution is 7.90. The molecule has 1 fully saturated rings. The number of rotatable bonds is 4. The molecule has 0 aromatic heterocycles. The predicted octanol–water partition coefficient (Wildman–Crippen LogP) is 1.59. The van der Waals surface area contributed by atoms with Gasteiger partial charge in [0.1, 0.15) is 0 Å². The van der Waals surface area contributed by atoms with E-state index < -0.39 is 33.7 Å². The molecule has 1 saturated heterocycles. The summed E-state index contributed by atoms with van der Waals surface area (Å²) < 4.78 is 56.6. The van der Waals surface area contributed by atoms with Crippen molar-refractivity contribution < 1.29 is 26.7 Å². The van der Waals surface area contributed by atoms with E-state index in [0.29, 0.717) is 19.1 Å². The average molecular weight is 319 g/mol. The van der Waals surface area contributed by atoms with Gasteiger partial charge in [0.2, 0.25) is 10.0 Å². The maximum Gasteiger partial charge on any atom is 0.264 e. The number of hydrogen-bond acceptors (Lipinski definition) is 4. The Bertz CT molecular complexity index is 627. The normalized spacial score (nSPS) is 19.2. The summed E-state index contributed by atoms with van der Waals surface area (Å²) in [5.74, 6) is -3.65. The Labute approximate surface area is 121 Å². The third-order valence-electron chi connectivity index (χ3n) is 3.11. The van der Waals surface area contributed by atoms with E-state index >= 15 is 0 Å². The standard InChI is InChI=1S/C13H15F2NO4S/c14-11-5-4-9(7-12(11)15)13(17)16-21(18,19)8-10-3-1-2-6-20-10/h4-5,7,10H,1-3,6,8H2,(H,16,17). The van der Waals surface area contributed by atoms with Crippen molar-refractivity contribution in [3.63, 3.8) is 0 Å². The molecule has 21 heavy (non-hydrogen) atoms. The van der Waals surface area contributed by atoms with E-state index in [4.69, 9.17) is 4.74 Å². The average Bonchev–Trinajstić information content (AvgIpc) is 2.41. The largest absolute Gasteiger partial charge is 0.377 e. The molecule has 1 unspecified atom stereocenters. The summed E-state index contributed by atoms with van der Waals surface area (Å²) in [5, 5.41) is 0. The highest BCUT2D eigenvalue weighted by atomic mass is 32.2. The number of sulfonamides is 1. The summed E-state index contributed by atoms with van der Waals surface area (Å²) in [7, 11) is -3.89. The molecule has 1 atom stereocenters. The minimum absolute atomic E-state index is 0.262. The van der Waals surface area contributed by atoms with Crippen molar-refractivity contribution in [1.82, 2.24) is 4.72 Å². The Morgan fingerprint density at radius 1 is 1.29 bits per heavy atom. The first-order valence-corrected chi connectivity index (χ1v) is 8.14. The van der Waals surface area contributed by atoms with Gasteiger partial charge in [-0.15, -0.1) is 0 Å². The van der Waals surface area contributed by atoms with Crippen molar-refractivity contribution in [3.05, 3.63) is 35.4 Å². The number of hydrogen-bond donors (Lipinski definition) is 1. The third-order valence-corrected chi connectivity index (χ3v) is 4.42. The van der Waals surface area contributed by atoms with Crippen LogP contribution in [0.5, 0.6) is 0 Å². The SMILES string of the molecule is O=C(NS(=O)(=O)CC1CCCCO1)c1ccc(F)c(F)c1. The topological polar surface area (TPSA) is 72.5 Å². The molecule has 1 amide bonds. The second kappa shape index (κ2) is 6.48. The van der Waals surface area contributed by atoms with E-state index in [1.54, 1.807) is 0 Å². The molecular formula is C13H15F2NO4S. The van der Waals surface area contributed by atoms with E-state index in [9.17, 15) is 22.0 Å². The van der Waals surface area contributed by atoms with Crippen LogP contribution in [0.25, 0.3) is 0 Å². The van der Waals surface area contributed by atoms with Gasteiger partial charge in [-0.25, -0.2) is 21.9 Å². The van der Waals surface area contributed by atoms with Gasteiger partial charge in [-0.3, -0.25) is 4.79 Å². The van der Waals surface area contributed by atoms with E-state index in [1.807, 2.05) is 4.72 Å². The Morgan fingerprint density at radius 2 is 2.05 bits per heavy atom. The molecule has 1 aliphatic heterocycles. The molecule has 0 saturated carbocycles. The minimum Gasteiger partial charge on any atom is -0.377 e. The summed E-state index contributed by atoms with van der Waals surface area (Å²) >= 11 is 0. The summed E-state index contributed by atoms with van der Waals surface area (Å²) in [6.45, 7) is 0.497. The maximum absolute atomic E-state index is 13.0. The van der Waals surface area contributed by atoms with Crippen LogP contribution in [-0.4, -0.2) is 32.8 Å². The molecule has 1 aromatic rings. The fourth-order valence-corrected chi connectivity index (χ4v) is 3.30. The monoisotopic (exact) mass is 319 g/mol. The molecule has 0 radical (unpaired) electrons. The van der Waals surface area contributed by atoms with Crippen LogP contribution in [0.3, 0.4) is 0 Å². The van der Waals surface area contributed by atoms with Crippen LogP contribution in [0.4, 0.5) is 8.78 Å². The Hall–Kier alpha value is -1.54. The smallest absolute Gasteiger partial charge is 0.264 e. The van der Waals surface area contributed by atoms with Crippen LogP contribution in [0.2, 0.25) is 0 Å². The fourth-order valence-electron chi connectivity index (χ4n) is 2.06. The zero-order chi connectivity index (χ0) is 15.5. The quantitative estimate of drug-likeness (QED) is 0.915. The molecule has 0 bridgehead atoms. The maximum atomic E-state index is 13.0. The van der Waals surface area contributed by atoms with E-state index in [2.05, 4.69) is 0 Å². The lowest BCUT2D eigenvalue weighted by Gasteiger charge is -2.22. The molecular weight excluding hydrogens is 304 g/mol. The van der Waals surface area contributed by atoms with Crippen molar-refractivity contribution in [3.8, 4) is 0 Å². The summed E-state index contributed by atoms with van der Waals surface area (Å²) in [5.41, 5.74) is -0.262. The van der Waals surface area contributed by atoms with Gasteiger partial charge in [-0.1, -0.05) is 0 Å². The van der Waals surface area contributed by atoms with Crippen molar-refractivity contribution in [2.75, 3.05) is 12.4 Å². The number of carbonyl (C=O) groups excluding carboxylic acids is 1. The Balaban J connectivity index is 2.01. The van der Waals surface area contributed by atoms with Crippen molar-refractivity contribution in [1.29, 1.82) is 0 Å². The molecule has 2 rings (SSSR count). The van der Waals surface area contributed by atoms with Gasteiger partial charge in [0.05, 0.1) is 11.9 Å². The van der Waals surface area contributed by atoms with E-state index in [1.165, 1.54) is 0 Å². The first-order valence-electron chi connectivity index (χ1n) is 6.49. The number of nitrogens with one attached hydrogen (secondary N) is 1. The van der Waals surface area contributed by atoms with Crippen LogP contribution in [-0.2, 0) is 14.8 Å². The lowest BCUT2D eigenvalue weighted by Crippen LogP contribution is -2.38. The van der Waals surface area contributed by atoms with Gasteiger partial charge in [-0.2, -0.15) is 0 Å². The van der Waals surface area contributed by atoms with Crippen LogP contribution >= 0.6 is 0 Å². The molecule has 1 aromatic carbocycles. The third kappa shape index (κ3) is 4.47. The summed E-state index contributed by atoms with van der Waals surface area (Å²) in [4.78, 5) is 11.7. The highest BCUT2D eigenvalue weighted by Crippen LogP contribution is 2.14. The van der Waals surface area contributed by atoms with Crippen molar-refractivity contribution in [2.24, 2.45) is 0 Å². The van der Waals surface area contributed by atoms with Gasteiger partial charge >= 0.3 is 0 Å². The number of benzene rings is 1. The second-order valence-corrected chi connectivity index (χ2v) is 6.60. The number of ether oxygens (including phenoxy) is 1. The van der Waals surface area contributed by atoms with E-state index in [-0.39, 0.29) is 11.3 Å². The summed E-state index contributed by atoms with van der Waals surface area (Å²) in [6, 6.07) is 2.43. The first kappa shape index (κ1) is 15.8. The Morgan fingerprint density at radius 3 is 2.67 bits per heavy atom. The number of carbonyl (C=O) groups is 1. The van der Waals surface area contributed by atoms with Gasteiger partial charge in [0.25, 0.3) is 5.91 Å². The van der Waals surface area contributed by atoms with Gasteiger partial charge < -0.3 is 4.74 Å². The zero-order valence-corrected chi connectivity index (χ0v) is 12.0. The van der Waals surface area contributed by atoms with Gasteiger partial charge in [0.15, 0.2) is 11.6 Å². The van der Waals surface area contributed by atoms with Crippen LogP contribution in [0.1, 0.15) is 29.6 Å². The summed E-state index contributed by atoms with van der Waals surface area (Å²) in [6.07, 6.45) is 1.92. The molecule has 1 N–H and O–H groups in total. The van der Waals surface area contributed by atoms with Crippen molar-refractivity contribution in [2.45, 2.75) is 25.4 Å². The lowest BCUT2D eigenvalue weighted by atomic mass is 10.1. The van der Waals surface area contributed by atoms with Gasteiger partial charge in [0, 0.05) is 12.2 Å². The Kier molecular flexibility index (Phi) is 4.89. The number of halogens is 2. The lowest BCUT2D eigenvalue weighted by molar-refractivity contribution is 0.0304. The number of amides is 1. The first-order chi connectivity index (χ1) is 9.87. The minimum atomic E-state index is -3.89. The van der Waals surface area contributed by atoms with Crippen LogP contribution < -0.4 is 4.72 Å². The molecule has 5 nitrogen and oxygen atoms in total. The molecule has 116 valence electrons. The fraction of sp³-hybridized carbons (Fsp3) is 0.462. The van der Waals surface area contributed by atoms with Crippen molar-refractivity contribution >= 4 is 15.9 Å². The highest BCUT2D eigenvalue weighted by Gasteiger charge is 2.24. The predicted molar refractivity (Wildman–Crippen MR) is 71.2 cm³/mol. The molecule has 8 heteroatoms. The van der Waals surface area contributed by atoms with E-state index in [0.717, 1.165) is 25.0 Å². The molecule has 1 aliphatic rings. The van der Waals surface area contributed by atoms with Crippen LogP contribution in [0.15, 0.2) is 18.2 Å². The zero-order valence-electron chi connectivity index (χ0n) is 11.1. The van der Waals surface area contributed by atoms with Gasteiger partial charge in [-0.05, 0) is 37.5 Å². The molecule has 1 heterocycles. The van der Waals surface area contributed by atoms with Crippen LogP contribution in [0, 0.1) is 11.6 Å². The molecule has 0 spiro atoms. The molecule has 0 aliphatic carbocycles.